The number of anilines is 4. The van der Waals surface area contributed by atoms with Crippen molar-refractivity contribution in [1.82, 2.24) is 15.4 Å². The standard InChI is InChI=1S/C20H19N7OS/c1-13-17(12-21)18(23-15-8-10-16(28-2)11-9-15)25-19(22-13)26-27-20(29)24-14-6-4-3-5-7-14/h3-11H,1-2H3,(H2,24,27,29)(H2,22,23,25,26). The molecule has 0 aliphatic heterocycles. The van der Waals surface area contributed by atoms with Gasteiger partial charge in [0.2, 0.25) is 5.95 Å². The number of nitrogens with zero attached hydrogens (tertiary/aromatic N) is 3. The molecular weight excluding hydrogens is 386 g/mol. The maximum atomic E-state index is 9.48. The van der Waals surface area contributed by atoms with Crippen LogP contribution in [-0.2, 0) is 0 Å². The molecule has 0 unspecified atom stereocenters. The number of nitriles is 1. The summed E-state index contributed by atoms with van der Waals surface area (Å²) in [4.78, 5) is 8.68. The highest BCUT2D eigenvalue weighted by atomic mass is 32.1. The Morgan fingerprint density at radius 1 is 1.03 bits per heavy atom. The van der Waals surface area contributed by atoms with Gasteiger partial charge in [0.1, 0.15) is 17.4 Å². The van der Waals surface area contributed by atoms with Gasteiger partial charge in [-0.1, -0.05) is 18.2 Å². The van der Waals surface area contributed by atoms with Crippen molar-refractivity contribution in [2.24, 2.45) is 0 Å². The van der Waals surface area contributed by atoms with Crippen LogP contribution in [0.5, 0.6) is 5.75 Å². The number of benzene rings is 2. The summed E-state index contributed by atoms with van der Waals surface area (Å²) in [6.45, 7) is 1.74. The number of nitrogens with one attached hydrogen (secondary N) is 4. The molecule has 9 heteroatoms. The van der Waals surface area contributed by atoms with Gasteiger partial charge in [-0.05, 0) is 55.5 Å². The molecule has 0 amide bonds. The summed E-state index contributed by atoms with van der Waals surface area (Å²) < 4.78 is 5.16. The zero-order valence-corrected chi connectivity index (χ0v) is 16.7. The van der Waals surface area contributed by atoms with Gasteiger partial charge in [0, 0.05) is 11.4 Å². The van der Waals surface area contributed by atoms with E-state index in [-0.39, 0.29) is 5.95 Å². The summed E-state index contributed by atoms with van der Waals surface area (Å²) in [5.41, 5.74) is 8.20. The van der Waals surface area contributed by atoms with E-state index in [1.54, 1.807) is 14.0 Å². The van der Waals surface area contributed by atoms with Gasteiger partial charge in [-0.15, -0.1) is 0 Å². The number of methoxy groups -OCH3 is 1. The van der Waals surface area contributed by atoms with Crippen LogP contribution in [0.25, 0.3) is 0 Å². The summed E-state index contributed by atoms with van der Waals surface area (Å²) in [6, 6.07) is 19.0. The molecule has 0 saturated carbocycles. The van der Waals surface area contributed by atoms with Crippen LogP contribution in [-0.4, -0.2) is 22.2 Å². The van der Waals surface area contributed by atoms with Crippen LogP contribution >= 0.6 is 12.2 Å². The van der Waals surface area contributed by atoms with Crippen molar-refractivity contribution in [2.75, 3.05) is 23.2 Å². The van der Waals surface area contributed by atoms with Crippen molar-refractivity contribution in [3.8, 4) is 11.8 Å². The van der Waals surface area contributed by atoms with Crippen molar-refractivity contribution in [1.29, 1.82) is 5.26 Å². The lowest BCUT2D eigenvalue weighted by Gasteiger charge is -2.14. The summed E-state index contributed by atoms with van der Waals surface area (Å²) in [5.74, 6) is 1.40. The van der Waals surface area contributed by atoms with E-state index in [9.17, 15) is 5.26 Å². The third-order valence-electron chi connectivity index (χ3n) is 3.87. The lowest BCUT2D eigenvalue weighted by atomic mass is 10.2. The zero-order chi connectivity index (χ0) is 20.6. The summed E-state index contributed by atoms with van der Waals surface area (Å²) >= 11 is 5.26. The van der Waals surface area contributed by atoms with Gasteiger partial charge < -0.3 is 15.4 Å². The number of thiocarbonyl (C=S) groups is 1. The molecule has 0 spiro atoms. The Kier molecular flexibility index (Phi) is 6.40. The Hall–Kier alpha value is -3.90. The third kappa shape index (κ3) is 5.31. The smallest absolute Gasteiger partial charge is 0.244 e. The largest absolute Gasteiger partial charge is 0.497 e. The first-order chi connectivity index (χ1) is 14.1. The van der Waals surface area contributed by atoms with Crippen molar-refractivity contribution in [3.63, 3.8) is 0 Å². The summed E-state index contributed by atoms with van der Waals surface area (Å²) in [5, 5.41) is 16.0. The van der Waals surface area contributed by atoms with E-state index in [2.05, 4.69) is 37.5 Å². The zero-order valence-electron chi connectivity index (χ0n) is 15.9. The Labute approximate surface area is 173 Å². The summed E-state index contributed by atoms with van der Waals surface area (Å²) in [7, 11) is 1.60. The molecule has 0 bridgehead atoms. The molecule has 2 aromatic carbocycles. The van der Waals surface area contributed by atoms with E-state index in [0.717, 1.165) is 17.1 Å². The second-order valence-electron chi connectivity index (χ2n) is 5.89. The summed E-state index contributed by atoms with van der Waals surface area (Å²) in [6.07, 6.45) is 0. The molecule has 146 valence electrons. The number of aromatic nitrogens is 2. The number of aryl methyl sites for hydroxylation is 1. The molecule has 0 aliphatic rings. The molecule has 1 heterocycles. The van der Waals surface area contributed by atoms with Gasteiger partial charge in [0.15, 0.2) is 10.9 Å². The van der Waals surface area contributed by atoms with Crippen molar-refractivity contribution in [3.05, 3.63) is 65.9 Å². The fraction of sp³-hybridized carbons (Fsp3) is 0.100. The van der Waals surface area contributed by atoms with Crippen LogP contribution in [0.4, 0.5) is 23.1 Å². The van der Waals surface area contributed by atoms with Gasteiger partial charge in [-0.25, -0.2) is 4.98 Å². The molecule has 4 N–H and O–H groups in total. The molecule has 0 radical (unpaired) electrons. The predicted octanol–water partition coefficient (Wildman–Crippen LogP) is 3.72. The van der Waals surface area contributed by atoms with E-state index in [4.69, 9.17) is 17.0 Å². The SMILES string of the molecule is COc1ccc(Nc2nc(NNC(=S)Nc3ccccc3)nc(C)c2C#N)cc1. The first kappa shape index (κ1) is 19.9. The molecular formula is C20H19N7OS. The van der Waals surface area contributed by atoms with Crippen LogP contribution in [0, 0.1) is 18.3 Å². The van der Waals surface area contributed by atoms with Gasteiger partial charge in [0.05, 0.1) is 12.8 Å². The van der Waals surface area contributed by atoms with E-state index in [1.807, 2.05) is 54.6 Å². The van der Waals surface area contributed by atoms with Crippen LogP contribution in [0.1, 0.15) is 11.3 Å². The van der Waals surface area contributed by atoms with Gasteiger partial charge in [0.25, 0.3) is 0 Å². The molecule has 1 aromatic heterocycles. The van der Waals surface area contributed by atoms with Crippen LogP contribution in [0.3, 0.4) is 0 Å². The van der Waals surface area contributed by atoms with E-state index in [1.165, 1.54) is 0 Å². The van der Waals surface area contributed by atoms with E-state index in [0.29, 0.717) is 22.2 Å². The Bertz CT molecular complexity index is 1030. The maximum Gasteiger partial charge on any atom is 0.244 e. The minimum Gasteiger partial charge on any atom is -0.497 e. The fourth-order valence-electron chi connectivity index (χ4n) is 2.46. The van der Waals surface area contributed by atoms with E-state index >= 15 is 0 Å². The Balaban J connectivity index is 1.72. The highest BCUT2D eigenvalue weighted by Crippen LogP contribution is 2.23. The molecule has 3 aromatic rings. The first-order valence-electron chi connectivity index (χ1n) is 8.67. The van der Waals surface area contributed by atoms with Gasteiger partial charge >= 0.3 is 0 Å². The van der Waals surface area contributed by atoms with Crippen LogP contribution in [0.15, 0.2) is 54.6 Å². The minimum atomic E-state index is 0.273. The Morgan fingerprint density at radius 3 is 2.41 bits per heavy atom. The molecule has 8 nitrogen and oxygen atoms in total. The normalized spacial score (nSPS) is 9.83. The van der Waals surface area contributed by atoms with Crippen LogP contribution < -0.4 is 26.2 Å². The highest BCUT2D eigenvalue weighted by molar-refractivity contribution is 7.80. The van der Waals surface area contributed by atoms with E-state index < -0.39 is 0 Å². The average molecular weight is 405 g/mol. The minimum absolute atomic E-state index is 0.273. The molecule has 0 fully saturated rings. The van der Waals surface area contributed by atoms with Crippen molar-refractivity contribution >= 4 is 40.5 Å². The second kappa shape index (κ2) is 9.34. The first-order valence-corrected chi connectivity index (χ1v) is 9.07. The molecule has 3 rings (SSSR count). The van der Waals surface area contributed by atoms with Gasteiger partial charge in [-0.2, -0.15) is 10.2 Å². The topological polar surface area (TPSA) is 107 Å². The third-order valence-corrected chi connectivity index (χ3v) is 4.08. The Morgan fingerprint density at radius 2 is 1.76 bits per heavy atom. The number of hydrogen-bond donors (Lipinski definition) is 4. The van der Waals surface area contributed by atoms with Crippen LogP contribution in [0.2, 0.25) is 0 Å². The lowest BCUT2D eigenvalue weighted by Crippen LogP contribution is -2.34. The molecule has 0 aliphatic carbocycles. The predicted molar refractivity (Wildman–Crippen MR) is 117 cm³/mol. The molecule has 0 saturated heterocycles. The number of ether oxygens (including phenoxy) is 1. The van der Waals surface area contributed by atoms with Crippen molar-refractivity contribution < 1.29 is 4.74 Å². The number of hydrazine groups is 1. The lowest BCUT2D eigenvalue weighted by molar-refractivity contribution is 0.415. The number of hydrogen-bond acceptors (Lipinski definition) is 7. The average Bonchev–Trinajstić information content (AvgIpc) is 2.73. The fourth-order valence-corrected chi connectivity index (χ4v) is 2.63. The van der Waals surface area contributed by atoms with Crippen molar-refractivity contribution in [2.45, 2.75) is 6.92 Å². The number of rotatable bonds is 6. The second-order valence-corrected chi connectivity index (χ2v) is 6.30. The quantitative estimate of drug-likeness (QED) is 0.360. The maximum absolute atomic E-state index is 9.48. The monoisotopic (exact) mass is 405 g/mol. The molecule has 29 heavy (non-hydrogen) atoms. The number of para-hydroxylation sites is 1. The highest BCUT2D eigenvalue weighted by Gasteiger charge is 2.12. The van der Waals surface area contributed by atoms with Gasteiger partial charge in [-0.3, -0.25) is 10.9 Å². The molecule has 0 atom stereocenters.